The van der Waals surface area contributed by atoms with E-state index in [4.69, 9.17) is 4.74 Å². The van der Waals surface area contributed by atoms with E-state index >= 15 is 0 Å². The van der Waals surface area contributed by atoms with E-state index in [2.05, 4.69) is 41.5 Å². The maximum atomic E-state index is 12.1. The first-order valence-electron chi connectivity index (χ1n) is 8.56. The lowest BCUT2D eigenvalue weighted by Gasteiger charge is -2.15. The van der Waals surface area contributed by atoms with Gasteiger partial charge in [0.2, 0.25) is 5.91 Å². The van der Waals surface area contributed by atoms with Crippen molar-refractivity contribution in [1.29, 1.82) is 0 Å². The fourth-order valence-electron chi connectivity index (χ4n) is 3.24. The quantitative estimate of drug-likeness (QED) is 0.940. The first-order valence-corrected chi connectivity index (χ1v) is 8.56. The molecule has 1 aromatic carbocycles. The number of carbonyl (C=O) groups is 1. The fourth-order valence-corrected chi connectivity index (χ4v) is 3.24. The zero-order valence-corrected chi connectivity index (χ0v) is 14.1. The lowest BCUT2D eigenvalue weighted by Crippen LogP contribution is -2.38. The molecule has 1 atom stereocenters. The molecule has 1 unspecified atom stereocenters. The third-order valence-electron chi connectivity index (χ3n) is 5.13. The standard InChI is InChI=1S/C20H22N2O2/c1-13-5-4-10-21-17(13)16-7-3-6-14-11-15(24-18(14)16)12-22-19(23)20(2)8-9-20/h3-7,10,15H,8-9,11-12H2,1-2H3,(H,22,23). The van der Waals surface area contributed by atoms with Gasteiger partial charge in [0.1, 0.15) is 11.9 Å². The smallest absolute Gasteiger partial charge is 0.226 e. The predicted molar refractivity (Wildman–Crippen MR) is 92.9 cm³/mol. The number of rotatable bonds is 4. The Morgan fingerprint density at radius 3 is 2.92 bits per heavy atom. The Bertz CT molecular complexity index is 796. The largest absolute Gasteiger partial charge is 0.487 e. The molecular weight excluding hydrogens is 300 g/mol. The second kappa shape index (κ2) is 5.62. The fraction of sp³-hybridized carbons (Fsp3) is 0.400. The molecule has 1 fully saturated rings. The minimum absolute atomic E-state index is 0.00327. The van der Waals surface area contributed by atoms with Crippen molar-refractivity contribution in [3.05, 3.63) is 47.7 Å². The normalized spacial score (nSPS) is 20.2. The predicted octanol–water partition coefficient (Wildman–Crippen LogP) is 3.28. The maximum absolute atomic E-state index is 12.1. The van der Waals surface area contributed by atoms with Crippen molar-refractivity contribution >= 4 is 5.91 Å². The summed E-state index contributed by atoms with van der Waals surface area (Å²) in [6.07, 6.45) is 4.62. The van der Waals surface area contributed by atoms with Gasteiger partial charge in [0.25, 0.3) is 0 Å². The number of hydrogen-bond donors (Lipinski definition) is 1. The molecule has 4 heteroatoms. The Morgan fingerprint density at radius 2 is 2.17 bits per heavy atom. The van der Waals surface area contributed by atoms with Gasteiger partial charge < -0.3 is 10.1 Å². The molecule has 0 spiro atoms. The maximum Gasteiger partial charge on any atom is 0.226 e. The first kappa shape index (κ1) is 15.2. The van der Waals surface area contributed by atoms with Crippen LogP contribution in [0.4, 0.5) is 0 Å². The molecule has 1 aliphatic heterocycles. The molecule has 1 aromatic heterocycles. The molecule has 24 heavy (non-hydrogen) atoms. The van der Waals surface area contributed by atoms with Crippen LogP contribution in [0.1, 0.15) is 30.9 Å². The molecular formula is C20H22N2O2. The topological polar surface area (TPSA) is 51.2 Å². The summed E-state index contributed by atoms with van der Waals surface area (Å²) in [5.41, 5.74) is 4.18. The van der Waals surface area contributed by atoms with E-state index in [9.17, 15) is 4.79 Å². The van der Waals surface area contributed by atoms with Crippen LogP contribution in [0.2, 0.25) is 0 Å². The number of hydrogen-bond acceptors (Lipinski definition) is 3. The van der Waals surface area contributed by atoms with Crippen LogP contribution in [0, 0.1) is 12.3 Å². The number of fused-ring (bicyclic) bond motifs is 1. The highest BCUT2D eigenvalue weighted by Gasteiger charge is 2.45. The van der Waals surface area contributed by atoms with Gasteiger partial charge in [-0.15, -0.1) is 0 Å². The molecule has 2 heterocycles. The highest BCUT2D eigenvalue weighted by Crippen LogP contribution is 2.45. The molecule has 124 valence electrons. The molecule has 1 saturated carbocycles. The Labute approximate surface area is 142 Å². The van der Waals surface area contributed by atoms with Gasteiger partial charge >= 0.3 is 0 Å². The number of benzene rings is 1. The van der Waals surface area contributed by atoms with E-state index in [0.717, 1.165) is 41.8 Å². The van der Waals surface area contributed by atoms with Crippen LogP contribution in [0.3, 0.4) is 0 Å². The summed E-state index contributed by atoms with van der Waals surface area (Å²) in [6, 6.07) is 10.2. The average molecular weight is 322 g/mol. The number of ether oxygens (including phenoxy) is 1. The zero-order valence-electron chi connectivity index (χ0n) is 14.1. The SMILES string of the molecule is Cc1cccnc1-c1cccc2c1OC(CNC(=O)C1(C)CC1)C2. The Balaban J connectivity index is 1.51. The van der Waals surface area contributed by atoms with Gasteiger partial charge in [-0.3, -0.25) is 9.78 Å². The second-order valence-electron chi connectivity index (χ2n) is 7.18. The van der Waals surface area contributed by atoms with Crippen molar-refractivity contribution in [2.45, 2.75) is 39.2 Å². The third-order valence-corrected chi connectivity index (χ3v) is 5.13. The summed E-state index contributed by atoms with van der Waals surface area (Å²) in [5, 5.41) is 3.05. The van der Waals surface area contributed by atoms with Gasteiger partial charge in [0, 0.05) is 23.6 Å². The summed E-state index contributed by atoms with van der Waals surface area (Å²) >= 11 is 0. The van der Waals surface area contributed by atoms with Crippen molar-refractivity contribution in [2.75, 3.05) is 6.54 Å². The van der Waals surface area contributed by atoms with Crippen LogP contribution in [-0.2, 0) is 11.2 Å². The van der Waals surface area contributed by atoms with E-state index in [1.807, 2.05) is 19.2 Å². The highest BCUT2D eigenvalue weighted by atomic mass is 16.5. The van der Waals surface area contributed by atoms with Crippen molar-refractivity contribution in [3.8, 4) is 17.0 Å². The van der Waals surface area contributed by atoms with Crippen LogP contribution in [0.5, 0.6) is 5.75 Å². The van der Waals surface area contributed by atoms with E-state index in [0.29, 0.717) is 6.54 Å². The van der Waals surface area contributed by atoms with Crippen LogP contribution in [0.25, 0.3) is 11.3 Å². The second-order valence-corrected chi connectivity index (χ2v) is 7.18. The van der Waals surface area contributed by atoms with E-state index in [1.165, 1.54) is 5.56 Å². The van der Waals surface area contributed by atoms with E-state index in [1.54, 1.807) is 0 Å². The highest BCUT2D eigenvalue weighted by molar-refractivity contribution is 5.84. The van der Waals surface area contributed by atoms with Gasteiger partial charge in [-0.2, -0.15) is 0 Å². The summed E-state index contributed by atoms with van der Waals surface area (Å²) in [5.74, 6) is 1.07. The summed E-state index contributed by atoms with van der Waals surface area (Å²) < 4.78 is 6.18. The van der Waals surface area contributed by atoms with Crippen LogP contribution in [-0.4, -0.2) is 23.5 Å². The molecule has 1 amide bonds. The Kier molecular flexibility index (Phi) is 3.56. The van der Waals surface area contributed by atoms with Crippen LogP contribution < -0.4 is 10.1 Å². The molecule has 4 nitrogen and oxygen atoms in total. The Morgan fingerprint density at radius 1 is 1.33 bits per heavy atom. The number of nitrogens with one attached hydrogen (secondary N) is 1. The first-order chi connectivity index (χ1) is 11.6. The van der Waals surface area contributed by atoms with Gasteiger partial charge in [0.15, 0.2) is 0 Å². The monoisotopic (exact) mass is 322 g/mol. The molecule has 4 rings (SSSR count). The summed E-state index contributed by atoms with van der Waals surface area (Å²) in [7, 11) is 0. The summed E-state index contributed by atoms with van der Waals surface area (Å²) in [4.78, 5) is 16.6. The molecule has 2 aliphatic rings. The van der Waals surface area contributed by atoms with Crippen molar-refractivity contribution < 1.29 is 9.53 Å². The minimum Gasteiger partial charge on any atom is -0.487 e. The van der Waals surface area contributed by atoms with Gasteiger partial charge in [-0.1, -0.05) is 25.1 Å². The van der Waals surface area contributed by atoms with Crippen LogP contribution >= 0.6 is 0 Å². The van der Waals surface area contributed by atoms with Gasteiger partial charge in [-0.05, 0) is 43.0 Å². The van der Waals surface area contributed by atoms with Crippen molar-refractivity contribution in [1.82, 2.24) is 10.3 Å². The van der Waals surface area contributed by atoms with Crippen molar-refractivity contribution in [2.24, 2.45) is 5.41 Å². The third kappa shape index (κ3) is 2.66. The lowest BCUT2D eigenvalue weighted by molar-refractivity contribution is -0.126. The lowest BCUT2D eigenvalue weighted by atomic mass is 10.0. The molecule has 0 radical (unpaired) electrons. The molecule has 2 aromatic rings. The van der Waals surface area contributed by atoms with Gasteiger partial charge in [-0.25, -0.2) is 0 Å². The number of aromatic nitrogens is 1. The molecule has 1 N–H and O–H groups in total. The summed E-state index contributed by atoms with van der Waals surface area (Å²) in [6.45, 7) is 4.64. The molecule has 1 aliphatic carbocycles. The number of carbonyl (C=O) groups excluding carboxylic acids is 1. The van der Waals surface area contributed by atoms with Crippen molar-refractivity contribution in [3.63, 3.8) is 0 Å². The number of aryl methyl sites for hydroxylation is 1. The van der Waals surface area contributed by atoms with E-state index in [-0.39, 0.29) is 17.4 Å². The Hall–Kier alpha value is -2.36. The van der Waals surface area contributed by atoms with E-state index < -0.39 is 0 Å². The van der Waals surface area contributed by atoms with Crippen LogP contribution in [0.15, 0.2) is 36.5 Å². The molecule has 0 bridgehead atoms. The molecule has 0 saturated heterocycles. The number of para-hydroxylation sites is 1. The van der Waals surface area contributed by atoms with Gasteiger partial charge in [0.05, 0.1) is 12.2 Å². The number of pyridine rings is 1. The zero-order chi connectivity index (χ0) is 16.7. The minimum atomic E-state index is -0.137. The average Bonchev–Trinajstić information content (AvgIpc) is 3.19. The number of nitrogens with zero attached hydrogens (tertiary/aromatic N) is 1. The number of amides is 1.